The lowest BCUT2D eigenvalue weighted by Gasteiger charge is -2.42. The molecule has 606 valence electrons. The predicted molar refractivity (Wildman–Crippen MR) is 406 cm³/mol. The van der Waals surface area contributed by atoms with E-state index in [0.717, 1.165) is 83.5 Å². The molecule has 3 aromatic rings. The Kier molecular flexibility index (Phi) is 41.6. The van der Waals surface area contributed by atoms with Crippen molar-refractivity contribution in [3.63, 3.8) is 0 Å². The second kappa shape index (κ2) is 43.6. The Hall–Kier alpha value is -2.89. The molecule has 104 heavy (non-hydrogen) atoms. The lowest BCUT2D eigenvalue weighted by molar-refractivity contribution is -0.416. The first-order chi connectivity index (χ1) is 46.0. The van der Waals surface area contributed by atoms with Gasteiger partial charge in [0.25, 0.3) is 5.60 Å². The molecular formula is C80H136F12O9Si3. The van der Waals surface area contributed by atoms with E-state index in [-0.39, 0.29) is 94.1 Å². The summed E-state index contributed by atoms with van der Waals surface area (Å²) in [5.74, 6) is 2.31. The summed E-state index contributed by atoms with van der Waals surface area (Å²) >= 11 is 0. The number of hydrogen-bond donors (Lipinski definition) is 0. The van der Waals surface area contributed by atoms with Crippen LogP contribution < -0.4 is 15.6 Å². The second-order valence-electron chi connectivity index (χ2n) is 30.5. The number of benzene rings is 3. The molecular weight excluding hydrogens is 1420 g/mol. The van der Waals surface area contributed by atoms with Crippen molar-refractivity contribution in [3.8, 4) is 0 Å². The van der Waals surface area contributed by atoms with E-state index >= 15 is 0 Å². The van der Waals surface area contributed by atoms with Crippen LogP contribution in [0.15, 0.2) is 91.0 Å². The van der Waals surface area contributed by atoms with Gasteiger partial charge in [-0.1, -0.05) is 155 Å². The Morgan fingerprint density at radius 2 is 0.702 bits per heavy atom. The summed E-state index contributed by atoms with van der Waals surface area (Å²) in [5.41, 5.74) is -6.19. The van der Waals surface area contributed by atoms with Gasteiger partial charge in [0.2, 0.25) is 25.0 Å². The summed E-state index contributed by atoms with van der Waals surface area (Å²) in [6.45, 7) is 15.6. The van der Waals surface area contributed by atoms with Crippen LogP contribution in [0.5, 0.6) is 0 Å². The summed E-state index contributed by atoms with van der Waals surface area (Å²) in [6, 6.07) is 31.3. The van der Waals surface area contributed by atoms with Crippen LogP contribution in [-0.4, -0.2) is 127 Å². The molecule has 14 unspecified atom stereocenters. The van der Waals surface area contributed by atoms with E-state index in [0.29, 0.717) is 69.0 Å². The lowest BCUT2D eigenvalue weighted by atomic mass is 9.79. The summed E-state index contributed by atoms with van der Waals surface area (Å²) in [7, 11) is 0.713. The van der Waals surface area contributed by atoms with Crippen LogP contribution in [0.1, 0.15) is 206 Å². The molecule has 14 atom stereocenters. The van der Waals surface area contributed by atoms with Crippen LogP contribution in [0, 0.1) is 53.3 Å². The van der Waals surface area contributed by atoms with Gasteiger partial charge < -0.3 is 41.7 Å². The minimum Gasteiger partial charge on any atom is -0.416 e. The molecule has 3 heterocycles. The Balaban J connectivity index is 0.000000634. The zero-order valence-corrected chi connectivity index (χ0v) is 62.5. The highest BCUT2D eigenvalue weighted by molar-refractivity contribution is 6.85. The maximum Gasteiger partial charge on any atom is 0.426 e. The van der Waals surface area contributed by atoms with Crippen molar-refractivity contribution in [1.82, 2.24) is 0 Å². The second-order valence-corrected chi connectivity index (χ2v) is 42.6. The molecule has 24 heteroatoms. The molecule has 9 aliphatic rings. The van der Waals surface area contributed by atoms with Crippen molar-refractivity contribution >= 4 is 40.5 Å². The zero-order valence-electron chi connectivity index (χ0n) is 59.5. The van der Waals surface area contributed by atoms with Gasteiger partial charge in [-0.25, -0.2) is 0 Å². The van der Waals surface area contributed by atoms with Crippen molar-refractivity contribution in [2.45, 2.75) is 306 Å². The average Bonchev–Trinajstić information content (AvgIpc) is 0.881. The van der Waals surface area contributed by atoms with Gasteiger partial charge in [-0.3, -0.25) is 0 Å². The van der Waals surface area contributed by atoms with E-state index < -0.39 is 98.2 Å². The van der Waals surface area contributed by atoms with E-state index in [4.69, 9.17) is 41.7 Å². The number of halogens is 12. The number of hydrogen-bond acceptors (Lipinski definition) is 9. The van der Waals surface area contributed by atoms with Crippen LogP contribution in [-0.2, 0) is 41.7 Å². The van der Waals surface area contributed by atoms with Crippen molar-refractivity contribution in [2.24, 2.45) is 53.3 Å². The molecule has 0 amide bonds. The highest BCUT2D eigenvalue weighted by Gasteiger charge is 2.74. The Morgan fingerprint density at radius 1 is 0.385 bits per heavy atom. The maximum atomic E-state index is 13.6. The van der Waals surface area contributed by atoms with Crippen LogP contribution >= 0.6 is 0 Å². The van der Waals surface area contributed by atoms with Gasteiger partial charge in [0.1, 0.15) is 0 Å². The smallest absolute Gasteiger partial charge is 0.416 e. The largest absolute Gasteiger partial charge is 0.426 e. The topological polar surface area (TPSA) is 83.1 Å². The number of alkyl halides is 12. The van der Waals surface area contributed by atoms with Crippen LogP contribution in [0.25, 0.3) is 0 Å². The molecule has 0 N–H and O–H groups in total. The predicted octanol–water partition coefficient (Wildman–Crippen LogP) is 23.2. The minimum atomic E-state index is -5.52. The highest BCUT2D eigenvalue weighted by Crippen LogP contribution is 2.58. The fraction of sp³-hybridized carbons (Fsp3) is 0.775. The molecule has 3 saturated heterocycles. The van der Waals surface area contributed by atoms with E-state index in [1.807, 2.05) is 18.2 Å². The third-order valence-corrected chi connectivity index (χ3v) is 30.9. The molecule has 3 aliphatic heterocycles. The van der Waals surface area contributed by atoms with Crippen LogP contribution in [0.4, 0.5) is 52.7 Å². The van der Waals surface area contributed by atoms with Crippen molar-refractivity contribution in [2.75, 3.05) is 41.2 Å². The quantitative estimate of drug-likeness (QED) is 0.0913. The molecule has 6 aliphatic carbocycles. The standard InChI is InChI=1S/C16H22F6O2.C16H25F3O2.C15H23F3O2.3C9H14OSi.6CH4/c17-15(18,19)14(16(20,21)22,24-13-3-1-2-6-23-13)9-12-8-10-4-5-11(12)7-10;1-15(16(17,18)19,21-14-4-2-3-7-20-14)10-13-9-11-5-6-12(13)8-11;16-15(17,18)13(20-14-3-1-2-6-19-14)9-12-8-10-4-5-11(12)7-10;3*1-10-11(2,3)9-7-5-4-6-8-9;;;;;;/h10-13H,1-9H2;11-14H,2-10H2,1H3;10-14H,1-9H2;3*4-8H,1-3H3;6*1H4. The van der Waals surface area contributed by atoms with Crippen molar-refractivity contribution in [1.29, 1.82) is 0 Å². The van der Waals surface area contributed by atoms with Gasteiger partial charge in [-0.15, -0.1) is 0 Å². The SMILES string of the molecule is C.C.C.C.C.C.CC(CC1CC2CCC1C2)(OC1CCCCO1)C(F)(F)F.CO[Si](C)(C)c1ccccc1.CO[Si](C)(C)c1ccccc1.CO[Si](C)(C)c1ccccc1.FC(F)(F)C(CC1CC2CCC1C2)(OC1CCCCO1)C(F)(F)F.FC(F)(F)C(CC1CC2CCC1C2)OC1CCCCO1. The van der Waals surface area contributed by atoms with Gasteiger partial charge in [-0.05, 0) is 250 Å². The first-order valence-corrected chi connectivity index (χ1v) is 44.7. The van der Waals surface area contributed by atoms with Crippen LogP contribution in [0.2, 0.25) is 39.3 Å². The van der Waals surface area contributed by atoms with E-state index in [1.54, 1.807) is 21.3 Å². The number of rotatable bonds is 18. The Morgan fingerprint density at radius 3 is 0.971 bits per heavy atom. The number of ether oxygens (including phenoxy) is 6. The maximum absolute atomic E-state index is 13.6. The van der Waals surface area contributed by atoms with Crippen molar-refractivity contribution < 1.29 is 94.4 Å². The fourth-order valence-corrected chi connectivity index (χ4v) is 19.8. The fourth-order valence-electron chi connectivity index (χ4n) is 16.1. The summed E-state index contributed by atoms with van der Waals surface area (Å²) in [5, 5.41) is 4.05. The molecule has 9 fully saturated rings. The Bertz CT molecular complexity index is 2610. The molecule has 0 radical (unpaired) electrons. The molecule has 0 spiro atoms. The van der Waals surface area contributed by atoms with Gasteiger partial charge in [0, 0.05) is 41.2 Å². The first-order valence-electron chi connectivity index (χ1n) is 36.0. The average molecular weight is 1550 g/mol. The normalized spacial score (nSPS) is 27.2. The van der Waals surface area contributed by atoms with Gasteiger partial charge in [0.05, 0.1) is 0 Å². The Labute approximate surface area is 623 Å². The van der Waals surface area contributed by atoms with Gasteiger partial charge in [-0.2, -0.15) is 52.7 Å². The summed E-state index contributed by atoms with van der Waals surface area (Å²) in [4.78, 5) is 0. The molecule has 6 bridgehead atoms. The number of fused-ring (bicyclic) bond motifs is 6. The molecule has 6 saturated carbocycles. The van der Waals surface area contributed by atoms with E-state index in [2.05, 4.69) is 112 Å². The monoisotopic (exact) mass is 1550 g/mol. The van der Waals surface area contributed by atoms with Crippen LogP contribution in [0.3, 0.4) is 0 Å². The highest BCUT2D eigenvalue weighted by atomic mass is 28.4. The lowest BCUT2D eigenvalue weighted by Crippen LogP contribution is -2.61. The zero-order chi connectivity index (χ0) is 71.8. The summed E-state index contributed by atoms with van der Waals surface area (Å²) < 4.78 is 210. The van der Waals surface area contributed by atoms with Gasteiger partial charge in [0.15, 0.2) is 30.6 Å². The molecule has 12 rings (SSSR count). The first kappa shape index (κ1) is 99.1. The molecule has 3 aromatic carbocycles. The van der Waals surface area contributed by atoms with Gasteiger partial charge >= 0.3 is 24.7 Å². The third-order valence-electron chi connectivity index (χ3n) is 22.6. The molecule has 9 nitrogen and oxygen atoms in total. The van der Waals surface area contributed by atoms with E-state index in [9.17, 15) is 52.7 Å². The third kappa shape index (κ3) is 28.1. The molecule has 0 aromatic heterocycles. The van der Waals surface area contributed by atoms with E-state index in [1.165, 1.54) is 35.3 Å². The minimum absolute atomic E-state index is 0. The summed E-state index contributed by atoms with van der Waals surface area (Å²) in [6.07, 6.45) is -7.33. The van der Waals surface area contributed by atoms with Crippen molar-refractivity contribution in [3.05, 3.63) is 91.0 Å².